The standard InChI is InChI=1S/C16H19ClN4O2/c1-12-11-23-15(13-3-2-4-14(17)9-13)10-21(12)16(22)5-7-20-8-6-18-19-20/h2-4,6,8-9,12,15H,5,7,10-11H2,1H3. The average molecular weight is 335 g/mol. The van der Waals surface area contributed by atoms with Gasteiger partial charge in [-0.2, -0.15) is 0 Å². The summed E-state index contributed by atoms with van der Waals surface area (Å²) >= 11 is 6.05. The van der Waals surface area contributed by atoms with Gasteiger partial charge in [-0.3, -0.25) is 9.48 Å². The molecular formula is C16H19ClN4O2. The van der Waals surface area contributed by atoms with E-state index in [9.17, 15) is 4.79 Å². The van der Waals surface area contributed by atoms with E-state index in [4.69, 9.17) is 16.3 Å². The Balaban J connectivity index is 1.64. The number of carbonyl (C=O) groups is 1. The number of rotatable bonds is 4. The van der Waals surface area contributed by atoms with Gasteiger partial charge in [0.1, 0.15) is 6.10 Å². The lowest BCUT2D eigenvalue weighted by atomic mass is 10.1. The van der Waals surface area contributed by atoms with Crippen LogP contribution in [0, 0.1) is 0 Å². The Morgan fingerprint density at radius 2 is 2.35 bits per heavy atom. The number of carbonyl (C=O) groups excluding carboxylic acids is 1. The van der Waals surface area contributed by atoms with Crippen LogP contribution in [-0.4, -0.2) is 45.0 Å². The summed E-state index contributed by atoms with van der Waals surface area (Å²) in [6.07, 6.45) is 3.62. The molecule has 2 aromatic rings. The van der Waals surface area contributed by atoms with Gasteiger partial charge in [0.05, 0.1) is 31.9 Å². The normalized spacial score (nSPS) is 21.4. The Morgan fingerprint density at radius 1 is 1.48 bits per heavy atom. The third-order valence-corrected chi connectivity index (χ3v) is 4.24. The van der Waals surface area contributed by atoms with Gasteiger partial charge < -0.3 is 9.64 Å². The Morgan fingerprint density at radius 3 is 3.09 bits per heavy atom. The number of benzene rings is 1. The van der Waals surface area contributed by atoms with Crippen molar-refractivity contribution in [3.05, 3.63) is 47.2 Å². The van der Waals surface area contributed by atoms with E-state index in [1.807, 2.05) is 36.1 Å². The minimum Gasteiger partial charge on any atom is -0.370 e. The van der Waals surface area contributed by atoms with Crippen molar-refractivity contribution in [3.63, 3.8) is 0 Å². The van der Waals surface area contributed by atoms with E-state index in [1.165, 1.54) is 0 Å². The molecule has 0 radical (unpaired) electrons. The third kappa shape index (κ3) is 3.89. The molecule has 7 heteroatoms. The Kier molecular flexibility index (Phi) is 4.93. The van der Waals surface area contributed by atoms with Gasteiger partial charge in [-0.25, -0.2) is 0 Å². The minimum absolute atomic E-state index is 0.0636. The largest absolute Gasteiger partial charge is 0.370 e. The molecule has 1 aromatic carbocycles. The van der Waals surface area contributed by atoms with Gasteiger partial charge in [-0.1, -0.05) is 28.9 Å². The summed E-state index contributed by atoms with van der Waals surface area (Å²) in [5.41, 5.74) is 0.999. The molecule has 2 atom stereocenters. The van der Waals surface area contributed by atoms with Crippen molar-refractivity contribution in [2.75, 3.05) is 13.2 Å². The van der Waals surface area contributed by atoms with Crippen molar-refractivity contribution in [2.24, 2.45) is 0 Å². The topological polar surface area (TPSA) is 60.2 Å². The van der Waals surface area contributed by atoms with Gasteiger partial charge in [-0.05, 0) is 24.6 Å². The molecule has 0 aliphatic carbocycles. The van der Waals surface area contributed by atoms with Crippen LogP contribution in [0.15, 0.2) is 36.7 Å². The summed E-state index contributed by atoms with van der Waals surface area (Å²) in [6.45, 7) is 3.59. The number of halogens is 1. The van der Waals surface area contributed by atoms with Crippen molar-refractivity contribution >= 4 is 17.5 Å². The van der Waals surface area contributed by atoms with E-state index >= 15 is 0 Å². The van der Waals surface area contributed by atoms with E-state index < -0.39 is 0 Å². The third-order valence-electron chi connectivity index (χ3n) is 4.00. The predicted molar refractivity (Wildman–Crippen MR) is 86.0 cm³/mol. The van der Waals surface area contributed by atoms with E-state index in [-0.39, 0.29) is 18.1 Å². The highest BCUT2D eigenvalue weighted by Gasteiger charge is 2.30. The highest BCUT2D eigenvalue weighted by atomic mass is 35.5. The Labute approximate surface area is 140 Å². The molecule has 0 bridgehead atoms. The molecule has 1 amide bonds. The van der Waals surface area contributed by atoms with E-state index in [0.29, 0.717) is 31.1 Å². The van der Waals surface area contributed by atoms with Crippen LogP contribution in [0.25, 0.3) is 0 Å². The zero-order chi connectivity index (χ0) is 16.2. The number of aryl methyl sites for hydroxylation is 1. The first kappa shape index (κ1) is 16.0. The van der Waals surface area contributed by atoms with Crippen LogP contribution in [0.1, 0.15) is 25.0 Å². The number of morpholine rings is 1. The van der Waals surface area contributed by atoms with E-state index in [2.05, 4.69) is 10.3 Å². The number of ether oxygens (including phenoxy) is 1. The van der Waals surface area contributed by atoms with Crippen LogP contribution in [0.2, 0.25) is 5.02 Å². The summed E-state index contributed by atoms with van der Waals surface area (Å²) in [6, 6.07) is 7.66. The van der Waals surface area contributed by atoms with Crippen molar-refractivity contribution in [3.8, 4) is 0 Å². The van der Waals surface area contributed by atoms with Crippen LogP contribution < -0.4 is 0 Å². The monoisotopic (exact) mass is 334 g/mol. The molecule has 1 aliphatic heterocycles. The summed E-state index contributed by atoms with van der Waals surface area (Å²) in [5, 5.41) is 8.30. The van der Waals surface area contributed by atoms with Crippen LogP contribution in [0.5, 0.6) is 0 Å². The van der Waals surface area contributed by atoms with Gasteiger partial charge in [0.2, 0.25) is 5.91 Å². The average Bonchev–Trinajstić information content (AvgIpc) is 3.06. The van der Waals surface area contributed by atoms with Crippen molar-refractivity contribution in [1.82, 2.24) is 19.9 Å². The lowest BCUT2D eigenvalue weighted by molar-refractivity contribution is -0.144. The molecule has 0 spiro atoms. The van der Waals surface area contributed by atoms with Crippen molar-refractivity contribution in [2.45, 2.75) is 32.0 Å². The van der Waals surface area contributed by atoms with Gasteiger partial charge in [0, 0.05) is 17.6 Å². The maximum atomic E-state index is 12.5. The molecule has 0 saturated carbocycles. The number of aromatic nitrogens is 3. The van der Waals surface area contributed by atoms with Crippen molar-refractivity contribution in [1.29, 1.82) is 0 Å². The second-order valence-corrected chi connectivity index (χ2v) is 6.12. The lowest BCUT2D eigenvalue weighted by Crippen LogP contribution is -2.48. The molecule has 2 unspecified atom stereocenters. The highest BCUT2D eigenvalue weighted by molar-refractivity contribution is 6.30. The molecule has 0 N–H and O–H groups in total. The Bertz CT molecular complexity index is 662. The summed E-state index contributed by atoms with van der Waals surface area (Å²) in [5.74, 6) is 0.100. The fourth-order valence-corrected chi connectivity index (χ4v) is 2.92. The summed E-state index contributed by atoms with van der Waals surface area (Å²) < 4.78 is 7.55. The molecule has 3 rings (SSSR count). The van der Waals surface area contributed by atoms with E-state index in [0.717, 1.165) is 5.56 Å². The second-order valence-electron chi connectivity index (χ2n) is 5.69. The maximum Gasteiger partial charge on any atom is 0.224 e. The molecular weight excluding hydrogens is 316 g/mol. The molecule has 1 saturated heterocycles. The molecule has 2 heterocycles. The van der Waals surface area contributed by atoms with Crippen LogP contribution in [-0.2, 0) is 16.1 Å². The van der Waals surface area contributed by atoms with Crippen LogP contribution >= 0.6 is 11.6 Å². The van der Waals surface area contributed by atoms with Gasteiger partial charge >= 0.3 is 0 Å². The molecule has 1 aromatic heterocycles. The Hall–Kier alpha value is -1.92. The highest BCUT2D eigenvalue weighted by Crippen LogP contribution is 2.27. The van der Waals surface area contributed by atoms with Crippen LogP contribution in [0.3, 0.4) is 0 Å². The second kappa shape index (κ2) is 7.10. The lowest BCUT2D eigenvalue weighted by Gasteiger charge is -2.38. The van der Waals surface area contributed by atoms with Gasteiger partial charge in [0.15, 0.2) is 0 Å². The summed E-state index contributed by atoms with van der Waals surface area (Å²) in [7, 11) is 0. The van der Waals surface area contributed by atoms with Crippen molar-refractivity contribution < 1.29 is 9.53 Å². The zero-order valence-electron chi connectivity index (χ0n) is 12.9. The van der Waals surface area contributed by atoms with Crippen LogP contribution in [0.4, 0.5) is 0 Å². The fourth-order valence-electron chi connectivity index (χ4n) is 2.72. The maximum absolute atomic E-state index is 12.5. The number of hydrogen-bond donors (Lipinski definition) is 0. The predicted octanol–water partition coefficient (Wildman–Crippen LogP) is 2.31. The number of hydrogen-bond acceptors (Lipinski definition) is 4. The SMILES string of the molecule is CC1COC(c2cccc(Cl)c2)CN1C(=O)CCn1ccnn1. The first-order valence-corrected chi connectivity index (χ1v) is 8.02. The molecule has 6 nitrogen and oxygen atoms in total. The minimum atomic E-state index is -0.139. The fraction of sp³-hybridized carbons (Fsp3) is 0.438. The van der Waals surface area contributed by atoms with Gasteiger partial charge in [0.25, 0.3) is 0 Å². The first-order chi connectivity index (χ1) is 11.1. The summed E-state index contributed by atoms with van der Waals surface area (Å²) in [4.78, 5) is 14.4. The quantitative estimate of drug-likeness (QED) is 0.861. The molecule has 23 heavy (non-hydrogen) atoms. The van der Waals surface area contributed by atoms with E-state index in [1.54, 1.807) is 17.1 Å². The first-order valence-electron chi connectivity index (χ1n) is 7.64. The number of nitrogens with zero attached hydrogens (tertiary/aromatic N) is 4. The smallest absolute Gasteiger partial charge is 0.224 e. The molecule has 1 fully saturated rings. The molecule has 122 valence electrons. The van der Waals surface area contributed by atoms with Gasteiger partial charge in [-0.15, -0.1) is 5.10 Å². The molecule has 1 aliphatic rings. The zero-order valence-corrected chi connectivity index (χ0v) is 13.7. The number of amides is 1.